The Labute approximate surface area is 492 Å². The predicted octanol–water partition coefficient (Wildman–Crippen LogP) is 17.3. The molecule has 0 amide bonds. The van der Waals surface area contributed by atoms with Crippen molar-refractivity contribution in [1.82, 2.24) is 0 Å². The van der Waals surface area contributed by atoms with Crippen LogP contribution >= 0.6 is 0 Å². The largest absolute Gasteiger partial charge is 0.456 e. The zero-order chi connectivity index (χ0) is 62.5. The standard InChI is InChI=1S/C13H22O2.2C12H20O2.2C11H18O2.C10H16O2/c1-5-13(6-2,11-8-7-9-11)15-12(14)10(3)4;1-5-12(4,10-7-6-8-10)14-11(13)9(2)3;1-5-12(6-2,10-7-8-10)14-11(13)9(3)4;1-8(2)10(12)13-11(3,4)9-6-5-7-9;1-5-11(4,9-6-7-9)13-10(12)8(2)3;1-7(2)9(11)12-10(3,4)8-5-6-8/h11H,3,5-9H2,1-2,4H3;10H,2,5-8H2,1,3-4H3;10H,3,5-8H2,1-2,4H3;9H,1,5-7H2,2-4H3;9H,2,5-7H2,1,3-4H3;8H,1,5-6H2,2-4H3. The van der Waals surface area contributed by atoms with Gasteiger partial charge in [-0.2, -0.15) is 0 Å². The van der Waals surface area contributed by atoms with E-state index < -0.39 is 0 Å². The first-order valence-corrected chi connectivity index (χ1v) is 30.8. The van der Waals surface area contributed by atoms with Crippen LogP contribution in [0.1, 0.15) is 259 Å². The minimum atomic E-state index is -0.311. The SMILES string of the molecule is C=C(C)C(=O)OC(C)(C)C1CC1.C=C(C)C(=O)OC(C)(C)C1CCC1.C=C(C)C(=O)OC(C)(CC)C1CC1.C=C(C)C(=O)OC(C)(CC)C1CCC1.C=C(C)C(=O)OC(CC)(CC)C1CC1.C=C(C)C(=O)OC(CC)(CC)C1CCC1. The van der Waals surface area contributed by atoms with Crippen LogP contribution < -0.4 is 0 Å². The van der Waals surface area contributed by atoms with E-state index in [9.17, 15) is 28.8 Å². The normalized spacial score (nSPS) is 18.3. The summed E-state index contributed by atoms with van der Waals surface area (Å²) < 4.78 is 32.8. The zero-order valence-electron chi connectivity index (χ0n) is 54.5. The van der Waals surface area contributed by atoms with Gasteiger partial charge in [0.2, 0.25) is 0 Å². The van der Waals surface area contributed by atoms with E-state index in [2.05, 4.69) is 81.0 Å². The molecule has 0 aromatic rings. The lowest BCUT2D eigenvalue weighted by Crippen LogP contribution is -2.44. The number of esters is 6. The van der Waals surface area contributed by atoms with Crippen LogP contribution in [0.5, 0.6) is 0 Å². The van der Waals surface area contributed by atoms with Crippen LogP contribution in [-0.2, 0) is 57.2 Å². The van der Waals surface area contributed by atoms with Crippen LogP contribution in [0.3, 0.4) is 0 Å². The molecule has 462 valence electrons. The van der Waals surface area contributed by atoms with Gasteiger partial charge in [0.1, 0.15) is 33.6 Å². The minimum Gasteiger partial charge on any atom is -0.456 e. The average molecular weight is 1140 g/mol. The molecule has 6 aliphatic carbocycles. The van der Waals surface area contributed by atoms with Gasteiger partial charge in [0, 0.05) is 33.4 Å². The van der Waals surface area contributed by atoms with Crippen LogP contribution in [0.4, 0.5) is 0 Å². The monoisotopic (exact) mass is 1130 g/mol. The molecule has 6 fully saturated rings. The molecule has 12 heteroatoms. The fraction of sp³-hybridized carbons (Fsp3) is 0.739. The molecule has 2 unspecified atom stereocenters. The molecule has 6 saturated carbocycles. The van der Waals surface area contributed by atoms with Crippen LogP contribution in [0.15, 0.2) is 72.9 Å². The molecule has 0 bridgehead atoms. The summed E-state index contributed by atoms with van der Waals surface area (Å²) in [6.45, 7) is 56.2. The number of hydrogen-bond donors (Lipinski definition) is 0. The van der Waals surface area contributed by atoms with E-state index in [-0.39, 0.29) is 69.4 Å². The molecule has 0 spiro atoms. The lowest BCUT2D eigenvalue weighted by Gasteiger charge is -2.43. The van der Waals surface area contributed by atoms with E-state index in [0.29, 0.717) is 68.9 Å². The second kappa shape index (κ2) is 32.9. The third kappa shape index (κ3) is 23.8. The maximum atomic E-state index is 11.6. The second-order valence-electron chi connectivity index (χ2n) is 25.8. The fourth-order valence-corrected chi connectivity index (χ4v) is 10.1. The third-order valence-electron chi connectivity index (χ3n) is 18.1. The molecule has 0 aromatic carbocycles. The van der Waals surface area contributed by atoms with E-state index in [1.165, 1.54) is 96.3 Å². The molecule has 6 rings (SSSR count). The summed E-state index contributed by atoms with van der Waals surface area (Å²) in [6, 6.07) is 0. The number of hydrogen-bond acceptors (Lipinski definition) is 12. The molecule has 0 N–H and O–H groups in total. The highest BCUT2D eigenvalue weighted by molar-refractivity contribution is 5.89. The highest BCUT2D eigenvalue weighted by atomic mass is 16.6. The molecule has 0 radical (unpaired) electrons. The minimum absolute atomic E-state index is 0.212. The fourth-order valence-electron chi connectivity index (χ4n) is 10.1. The molecule has 12 nitrogen and oxygen atoms in total. The molecular formula is C69H114O12. The van der Waals surface area contributed by atoms with E-state index in [1.807, 2.05) is 41.5 Å². The summed E-state index contributed by atoms with van der Waals surface area (Å²) in [5.74, 6) is 1.86. The van der Waals surface area contributed by atoms with Crippen molar-refractivity contribution in [3.05, 3.63) is 72.9 Å². The third-order valence-corrected chi connectivity index (χ3v) is 18.1. The summed E-state index contributed by atoms with van der Waals surface area (Å²) in [6.07, 6.45) is 23.5. The smallest absolute Gasteiger partial charge is 0.333 e. The first kappa shape index (κ1) is 74.3. The molecule has 6 aliphatic rings. The van der Waals surface area contributed by atoms with Crippen molar-refractivity contribution >= 4 is 35.8 Å². The van der Waals surface area contributed by atoms with Crippen LogP contribution in [-0.4, -0.2) is 69.4 Å². The highest BCUT2D eigenvalue weighted by Crippen LogP contribution is 2.47. The molecule has 0 aliphatic heterocycles. The molecule has 0 saturated heterocycles. The van der Waals surface area contributed by atoms with E-state index in [4.69, 9.17) is 28.4 Å². The first-order valence-electron chi connectivity index (χ1n) is 30.8. The number of carbonyl (C=O) groups excluding carboxylic acids is 6. The van der Waals surface area contributed by atoms with Crippen LogP contribution in [0.25, 0.3) is 0 Å². The van der Waals surface area contributed by atoms with Gasteiger partial charge in [-0.05, 0) is 234 Å². The van der Waals surface area contributed by atoms with Gasteiger partial charge in [-0.25, -0.2) is 28.8 Å². The Morgan fingerprint density at radius 3 is 0.679 bits per heavy atom. The van der Waals surface area contributed by atoms with Crippen molar-refractivity contribution in [2.45, 2.75) is 293 Å². The van der Waals surface area contributed by atoms with E-state index in [1.54, 1.807) is 41.5 Å². The number of ether oxygens (including phenoxy) is 6. The lowest BCUT2D eigenvalue weighted by molar-refractivity contribution is -0.167. The maximum Gasteiger partial charge on any atom is 0.333 e. The van der Waals surface area contributed by atoms with Gasteiger partial charge in [-0.3, -0.25) is 0 Å². The average Bonchev–Trinajstić information content (AvgIpc) is 4.14. The van der Waals surface area contributed by atoms with Crippen LogP contribution in [0.2, 0.25) is 0 Å². The van der Waals surface area contributed by atoms with Crippen molar-refractivity contribution in [2.75, 3.05) is 0 Å². The molecular weight excluding hydrogens is 1020 g/mol. The number of rotatable bonds is 24. The Morgan fingerprint density at radius 1 is 0.296 bits per heavy atom. The van der Waals surface area contributed by atoms with Crippen molar-refractivity contribution in [3.8, 4) is 0 Å². The van der Waals surface area contributed by atoms with Gasteiger partial charge in [0.25, 0.3) is 0 Å². The summed E-state index contributed by atoms with van der Waals surface area (Å²) >= 11 is 0. The lowest BCUT2D eigenvalue weighted by atomic mass is 9.70. The topological polar surface area (TPSA) is 158 Å². The number of carbonyl (C=O) groups is 6. The molecule has 0 heterocycles. The Bertz CT molecular complexity index is 2180. The summed E-state index contributed by atoms with van der Waals surface area (Å²) in [5, 5.41) is 0. The van der Waals surface area contributed by atoms with Crippen LogP contribution in [0, 0.1) is 35.5 Å². The first-order chi connectivity index (χ1) is 37.5. The zero-order valence-corrected chi connectivity index (χ0v) is 54.5. The quantitative estimate of drug-likeness (QED) is 0.0512. The van der Waals surface area contributed by atoms with Crippen molar-refractivity contribution in [1.29, 1.82) is 0 Å². The van der Waals surface area contributed by atoms with Gasteiger partial charge in [0.15, 0.2) is 0 Å². The van der Waals surface area contributed by atoms with Gasteiger partial charge >= 0.3 is 35.8 Å². The van der Waals surface area contributed by atoms with Crippen molar-refractivity contribution in [3.63, 3.8) is 0 Å². The Morgan fingerprint density at radius 2 is 0.494 bits per heavy atom. The Kier molecular flexibility index (Phi) is 30.2. The molecule has 81 heavy (non-hydrogen) atoms. The van der Waals surface area contributed by atoms with Gasteiger partial charge in [0.05, 0.1) is 0 Å². The summed E-state index contributed by atoms with van der Waals surface area (Å²) in [5.41, 5.74) is 1.36. The van der Waals surface area contributed by atoms with Crippen molar-refractivity contribution in [2.24, 2.45) is 35.5 Å². The summed E-state index contributed by atoms with van der Waals surface area (Å²) in [4.78, 5) is 68.3. The van der Waals surface area contributed by atoms with E-state index in [0.717, 1.165) is 38.5 Å². The van der Waals surface area contributed by atoms with Gasteiger partial charge in [-0.15, -0.1) is 0 Å². The maximum absolute atomic E-state index is 11.6. The molecule has 0 aromatic heterocycles. The summed E-state index contributed by atoms with van der Waals surface area (Å²) in [7, 11) is 0. The molecule has 2 atom stereocenters. The van der Waals surface area contributed by atoms with E-state index >= 15 is 0 Å². The van der Waals surface area contributed by atoms with Crippen molar-refractivity contribution < 1.29 is 57.2 Å². The highest BCUT2D eigenvalue weighted by Gasteiger charge is 2.47. The second-order valence-corrected chi connectivity index (χ2v) is 25.8. The van der Waals surface area contributed by atoms with Gasteiger partial charge < -0.3 is 28.4 Å². The predicted molar refractivity (Wildman–Crippen MR) is 328 cm³/mol. The Balaban J connectivity index is 0.000000487. The Hall–Kier alpha value is -4.74. The van der Waals surface area contributed by atoms with Gasteiger partial charge in [-0.1, -0.05) is 100 Å².